The van der Waals surface area contributed by atoms with Crippen molar-refractivity contribution in [3.8, 4) is 11.7 Å². The summed E-state index contributed by atoms with van der Waals surface area (Å²) in [6.45, 7) is 7.62. The molecule has 2 aromatic rings. The Balaban J connectivity index is 1.40. The topological polar surface area (TPSA) is 111 Å². The van der Waals surface area contributed by atoms with Crippen molar-refractivity contribution in [2.75, 3.05) is 24.6 Å². The van der Waals surface area contributed by atoms with Crippen molar-refractivity contribution in [3.05, 3.63) is 41.1 Å². The summed E-state index contributed by atoms with van der Waals surface area (Å²) in [7, 11) is 0. The third-order valence-electron chi connectivity index (χ3n) is 8.54. The number of rotatable bonds is 5. The monoisotopic (exact) mass is 605 g/mol. The molecule has 1 saturated carbocycles. The maximum absolute atomic E-state index is 13.5. The number of halogens is 3. The van der Waals surface area contributed by atoms with Gasteiger partial charge in [-0.2, -0.15) is 13.2 Å². The van der Waals surface area contributed by atoms with Gasteiger partial charge in [0.2, 0.25) is 5.88 Å². The molecule has 0 radical (unpaired) electrons. The van der Waals surface area contributed by atoms with Gasteiger partial charge in [0.1, 0.15) is 5.82 Å². The number of aromatic nitrogens is 3. The van der Waals surface area contributed by atoms with Crippen LogP contribution >= 0.6 is 11.9 Å². The number of pyridine rings is 1. The third-order valence-corrected chi connectivity index (χ3v) is 9.48. The van der Waals surface area contributed by atoms with E-state index < -0.39 is 11.6 Å². The number of anilines is 1. The molecule has 0 spiro atoms. The lowest BCUT2D eigenvalue weighted by molar-refractivity contribution is -0.190. The van der Waals surface area contributed by atoms with Gasteiger partial charge in [-0.3, -0.25) is 14.5 Å². The number of aliphatic imine (C=N–C) groups is 1. The number of amides is 1. The number of alkyl halides is 3. The molecule has 3 N–H and O–H groups in total. The van der Waals surface area contributed by atoms with E-state index in [9.17, 15) is 18.0 Å². The molecule has 1 saturated heterocycles. The first-order chi connectivity index (χ1) is 19.9. The Morgan fingerprint density at radius 2 is 2.02 bits per heavy atom. The molecule has 2 aliphatic heterocycles. The second kappa shape index (κ2) is 11.8. The molecule has 4 heterocycles. The lowest BCUT2D eigenvalue weighted by Gasteiger charge is -2.34. The van der Waals surface area contributed by atoms with Crippen molar-refractivity contribution < 1.29 is 22.7 Å². The summed E-state index contributed by atoms with van der Waals surface area (Å²) in [6.07, 6.45) is 3.14. The third kappa shape index (κ3) is 6.40. The lowest BCUT2D eigenvalue weighted by Crippen LogP contribution is -2.40. The number of hydrogen-bond acceptors (Lipinski definition) is 8. The first-order valence-electron chi connectivity index (χ1n) is 14.4. The van der Waals surface area contributed by atoms with Gasteiger partial charge in [0, 0.05) is 42.8 Å². The second-order valence-corrected chi connectivity index (χ2v) is 12.9. The molecule has 0 aromatic carbocycles. The Labute approximate surface area is 248 Å². The van der Waals surface area contributed by atoms with Crippen LogP contribution in [0, 0.1) is 11.3 Å². The highest BCUT2D eigenvalue weighted by molar-refractivity contribution is 8.02. The summed E-state index contributed by atoms with van der Waals surface area (Å²) in [6, 6.07) is 5.03. The van der Waals surface area contributed by atoms with Gasteiger partial charge in [-0.15, -0.1) is 5.10 Å². The molecular weight excluding hydrogens is 567 g/mol. The molecule has 1 atom stereocenters. The molecule has 13 heteroatoms. The fourth-order valence-corrected chi connectivity index (χ4v) is 6.44. The summed E-state index contributed by atoms with van der Waals surface area (Å²) < 4.78 is 49.8. The Hall–Kier alpha value is -3.22. The second-order valence-electron chi connectivity index (χ2n) is 12.0. The molecule has 42 heavy (non-hydrogen) atoms. The van der Waals surface area contributed by atoms with Gasteiger partial charge in [-0.1, -0.05) is 6.42 Å². The molecule has 9 nitrogen and oxygen atoms in total. The highest BCUT2D eigenvalue weighted by Crippen LogP contribution is 2.59. The zero-order valence-corrected chi connectivity index (χ0v) is 25.0. The molecule has 228 valence electrons. The summed E-state index contributed by atoms with van der Waals surface area (Å²) in [4.78, 5) is 25.9. The van der Waals surface area contributed by atoms with E-state index in [1.165, 1.54) is 10.9 Å². The van der Waals surface area contributed by atoms with E-state index >= 15 is 0 Å². The zero-order chi connectivity index (χ0) is 30.1. The summed E-state index contributed by atoms with van der Waals surface area (Å²) in [5.41, 5.74) is 5.18. The standard InChI is InChI=1S/C29H38F3N7O2S/c1-19-22(17-33)42-37-26(40)21-7-8-23(35-25(21)38-18-20(16-27(38,2)3)6-4-5-13-34-19)39-14-9-24(36-39)41-15-12-28(10-11-28)29(30,31)32/h7-9,14,17,20H,4-6,10-13,15-16,18,33H2,1-3H3,(H,37,40). The number of nitrogens with two attached hydrogens (primary N) is 1. The summed E-state index contributed by atoms with van der Waals surface area (Å²) in [5.74, 6) is 1.39. The normalized spacial score (nSPS) is 23.4. The molecule has 1 amide bonds. The van der Waals surface area contributed by atoms with Gasteiger partial charge in [-0.05, 0) is 89.3 Å². The predicted octanol–water partition coefficient (Wildman–Crippen LogP) is 5.81. The minimum atomic E-state index is -4.21. The maximum atomic E-state index is 13.5. The molecule has 1 unspecified atom stereocenters. The lowest BCUT2D eigenvalue weighted by atomic mass is 9.93. The quantitative estimate of drug-likeness (QED) is 0.414. The van der Waals surface area contributed by atoms with Gasteiger partial charge >= 0.3 is 6.18 Å². The first kappa shape index (κ1) is 30.2. The molecule has 1 aliphatic carbocycles. The minimum absolute atomic E-state index is 0.0707. The van der Waals surface area contributed by atoms with Gasteiger partial charge in [-0.25, -0.2) is 9.67 Å². The van der Waals surface area contributed by atoms with E-state index in [1.807, 2.05) is 6.92 Å². The van der Waals surface area contributed by atoms with Gasteiger partial charge in [0.15, 0.2) is 5.82 Å². The van der Waals surface area contributed by atoms with Gasteiger partial charge < -0.3 is 15.4 Å². The molecule has 2 aromatic heterocycles. The molecule has 5 rings (SSSR count). The van der Waals surface area contributed by atoms with E-state index in [-0.39, 0.29) is 43.2 Å². The Morgan fingerprint density at radius 1 is 1.24 bits per heavy atom. The van der Waals surface area contributed by atoms with Crippen molar-refractivity contribution in [1.29, 1.82) is 0 Å². The van der Waals surface area contributed by atoms with Crippen molar-refractivity contribution >= 4 is 29.4 Å². The number of fused-ring (bicyclic) bond motifs is 4. The summed E-state index contributed by atoms with van der Waals surface area (Å²) >= 11 is 1.13. The van der Waals surface area contributed by atoms with Gasteiger partial charge in [0.05, 0.1) is 22.5 Å². The number of nitrogens with zero attached hydrogens (tertiary/aromatic N) is 5. The van der Waals surface area contributed by atoms with Crippen LogP contribution in [0.25, 0.3) is 5.82 Å². The van der Waals surface area contributed by atoms with Crippen molar-refractivity contribution in [2.24, 2.45) is 22.1 Å². The zero-order valence-electron chi connectivity index (χ0n) is 24.2. The molecule has 3 aliphatic rings. The fourth-order valence-electron chi connectivity index (χ4n) is 5.85. The van der Waals surface area contributed by atoms with Crippen LogP contribution in [0.2, 0.25) is 0 Å². The first-order valence-corrected chi connectivity index (χ1v) is 15.2. The number of allylic oxidation sites excluding steroid dienone is 1. The smallest absolute Gasteiger partial charge is 0.394 e. The predicted molar refractivity (Wildman–Crippen MR) is 158 cm³/mol. The molecule has 2 bridgehead atoms. The van der Waals surface area contributed by atoms with E-state index in [4.69, 9.17) is 15.5 Å². The highest BCUT2D eigenvalue weighted by Gasteiger charge is 2.62. The van der Waals surface area contributed by atoms with E-state index in [0.717, 1.165) is 49.9 Å². The highest BCUT2D eigenvalue weighted by atomic mass is 32.2. The largest absolute Gasteiger partial charge is 0.477 e. The van der Waals surface area contributed by atoms with Crippen LogP contribution in [-0.2, 0) is 0 Å². The van der Waals surface area contributed by atoms with Crippen LogP contribution in [0.15, 0.2) is 40.5 Å². The van der Waals surface area contributed by atoms with Crippen molar-refractivity contribution in [1.82, 2.24) is 19.5 Å². The van der Waals surface area contributed by atoms with Crippen LogP contribution in [0.4, 0.5) is 19.0 Å². The number of carbonyl (C=O) groups is 1. The van der Waals surface area contributed by atoms with E-state index in [2.05, 4.69) is 33.6 Å². The van der Waals surface area contributed by atoms with Crippen LogP contribution < -0.4 is 20.1 Å². The van der Waals surface area contributed by atoms with Gasteiger partial charge in [0.25, 0.3) is 5.91 Å². The molecular formula is C29H38F3N7O2S. The SMILES string of the molecule is CC1=NCCCCC2CN(c3nc(-n4ccc(OCCC5(C(F)(F)F)CC5)n4)ccc3C(=O)NSC1=CN)C(C)(C)C2. The Bertz CT molecular complexity index is 1370. The van der Waals surface area contributed by atoms with E-state index in [0.29, 0.717) is 34.6 Å². The summed E-state index contributed by atoms with van der Waals surface area (Å²) in [5, 5.41) is 4.41. The Morgan fingerprint density at radius 3 is 2.74 bits per heavy atom. The number of nitrogens with one attached hydrogen (secondary N) is 1. The average molecular weight is 606 g/mol. The minimum Gasteiger partial charge on any atom is -0.477 e. The van der Waals surface area contributed by atoms with E-state index in [1.54, 1.807) is 24.4 Å². The number of ether oxygens (including phenoxy) is 1. The fraction of sp³-hybridized carbons (Fsp3) is 0.586. The molecule has 2 fully saturated rings. The van der Waals surface area contributed by atoms with Crippen molar-refractivity contribution in [3.63, 3.8) is 0 Å². The van der Waals surface area contributed by atoms with Crippen LogP contribution in [0.5, 0.6) is 5.88 Å². The Kier molecular flexibility index (Phi) is 8.51. The number of hydrogen-bond donors (Lipinski definition) is 2. The number of carbonyl (C=O) groups excluding carboxylic acids is 1. The van der Waals surface area contributed by atoms with Crippen molar-refractivity contribution in [2.45, 2.75) is 77.4 Å². The van der Waals surface area contributed by atoms with Crippen LogP contribution in [0.3, 0.4) is 0 Å². The average Bonchev–Trinajstić information content (AvgIpc) is 3.49. The van der Waals surface area contributed by atoms with Crippen LogP contribution in [-0.4, -0.2) is 57.8 Å². The van der Waals surface area contributed by atoms with Crippen LogP contribution in [0.1, 0.15) is 76.1 Å². The maximum Gasteiger partial charge on any atom is 0.394 e.